The van der Waals surface area contributed by atoms with Gasteiger partial charge in [-0.05, 0) is 43.5 Å². The number of rotatable bonds is 8. The molecule has 0 unspecified atom stereocenters. The number of carbonyl (C=O) groups is 1. The lowest BCUT2D eigenvalue weighted by molar-refractivity contribution is -0.116. The van der Waals surface area contributed by atoms with Gasteiger partial charge >= 0.3 is 6.01 Å². The molecule has 0 spiro atoms. The van der Waals surface area contributed by atoms with Gasteiger partial charge in [-0.15, -0.1) is 5.10 Å². The molecular formula is C21H23N3O4S. The Morgan fingerprint density at radius 3 is 2.55 bits per heavy atom. The van der Waals surface area contributed by atoms with Crippen LogP contribution in [0.15, 0.2) is 57.8 Å². The maximum absolute atomic E-state index is 12.2. The van der Waals surface area contributed by atoms with Gasteiger partial charge in [0, 0.05) is 6.42 Å². The summed E-state index contributed by atoms with van der Waals surface area (Å²) in [6.45, 7) is 4.05. The van der Waals surface area contributed by atoms with Crippen LogP contribution in [0, 0.1) is 13.8 Å². The highest BCUT2D eigenvalue weighted by atomic mass is 32.2. The van der Waals surface area contributed by atoms with Crippen LogP contribution in [0.3, 0.4) is 0 Å². The van der Waals surface area contributed by atoms with E-state index in [0.29, 0.717) is 12.3 Å². The zero-order valence-corrected chi connectivity index (χ0v) is 17.2. The molecule has 0 atom stereocenters. The molecule has 0 radical (unpaired) electrons. The lowest BCUT2D eigenvalue weighted by Gasteiger charge is -2.04. The Morgan fingerprint density at radius 2 is 1.83 bits per heavy atom. The minimum atomic E-state index is -3.40. The molecular weight excluding hydrogens is 390 g/mol. The molecule has 0 fully saturated rings. The molecule has 2 aromatic carbocycles. The van der Waals surface area contributed by atoms with Crippen LogP contribution < -0.4 is 5.32 Å². The number of aromatic nitrogens is 2. The summed E-state index contributed by atoms with van der Waals surface area (Å²) in [7, 11) is -3.40. The highest BCUT2D eigenvalue weighted by molar-refractivity contribution is 7.91. The van der Waals surface area contributed by atoms with E-state index in [1.54, 1.807) is 30.3 Å². The molecule has 1 heterocycles. The summed E-state index contributed by atoms with van der Waals surface area (Å²) in [6.07, 6.45) is 0.720. The minimum absolute atomic E-state index is 0.0145. The summed E-state index contributed by atoms with van der Waals surface area (Å²) in [5.41, 5.74) is 3.38. The van der Waals surface area contributed by atoms with E-state index in [9.17, 15) is 13.2 Å². The van der Waals surface area contributed by atoms with Crippen molar-refractivity contribution in [1.82, 2.24) is 10.2 Å². The van der Waals surface area contributed by atoms with Crippen molar-refractivity contribution in [2.45, 2.75) is 38.0 Å². The molecule has 0 aliphatic heterocycles. The monoisotopic (exact) mass is 413 g/mol. The third-order valence-corrected chi connectivity index (χ3v) is 6.29. The summed E-state index contributed by atoms with van der Waals surface area (Å²) < 4.78 is 29.9. The first-order valence-corrected chi connectivity index (χ1v) is 10.9. The van der Waals surface area contributed by atoms with Crippen molar-refractivity contribution in [3.63, 3.8) is 0 Å². The van der Waals surface area contributed by atoms with Gasteiger partial charge in [0.25, 0.3) is 0 Å². The van der Waals surface area contributed by atoms with Crippen LogP contribution in [0.25, 0.3) is 0 Å². The number of hydrogen-bond acceptors (Lipinski definition) is 6. The minimum Gasteiger partial charge on any atom is -0.407 e. The van der Waals surface area contributed by atoms with Crippen molar-refractivity contribution in [3.05, 3.63) is 71.1 Å². The number of sulfone groups is 1. The summed E-state index contributed by atoms with van der Waals surface area (Å²) in [6, 6.07) is 14.3. The van der Waals surface area contributed by atoms with Gasteiger partial charge in [0.05, 0.1) is 17.1 Å². The van der Waals surface area contributed by atoms with E-state index in [0.717, 1.165) is 11.1 Å². The quantitative estimate of drug-likeness (QED) is 0.607. The van der Waals surface area contributed by atoms with Crippen molar-refractivity contribution in [2.75, 3.05) is 11.1 Å². The number of amides is 1. The fourth-order valence-corrected chi connectivity index (χ4v) is 4.26. The SMILES string of the molecule is Cc1ccc(Cc2nnc(NC(=O)CCCS(=O)(=O)c3ccccc3)o2)c(C)c1. The van der Waals surface area contributed by atoms with Crippen LogP contribution >= 0.6 is 0 Å². The van der Waals surface area contributed by atoms with Gasteiger partial charge in [-0.25, -0.2) is 8.42 Å². The van der Waals surface area contributed by atoms with Crippen LogP contribution in [-0.2, 0) is 21.1 Å². The maximum atomic E-state index is 12.2. The summed E-state index contributed by atoms with van der Waals surface area (Å²) in [5.74, 6) is -0.0689. The van der Waals surface area contributed by atoms with Crippen LogP contribution in [-0.4, -0.2) is 30.3 Å². The first-order valence-electron chi connectivity index (χ1n) is 9.30. The first-order chi connectivity index (χ1) is 13.8. The highest BCUT2D eigenvalue weighted by Gasteiger charge is 2.16. The van der Waals surface area contributed by atoms with Crippen LogP contribution in [0.5, 0.6) is 0 Å². The van der Waals surface area contributed by atoms with Gasteiger partial charge in [-0.2, -0.15) is 0 Å². The number of carbonyl (C=O) groups excluding carboxylic acids is 1. The molecule has 1 aromatic heterocycles. The van der Waals surface area contributed by atoms with Crippen molar-refractivity contribution in [3.8, 4) is 0 Å². The molecule has 0 saturated heterocycles. The maximum Gasteiger partial charge on any atom is 0.322 e. The topological polar surface area (TPSA) is 102 Å². The van der Waals surface area contributed by atoms with Crippen LogP contribution in [0.4, 0.5) is 6.01 Å². The molecule has 7 nitrogen and oxygen atoms in total. The molecule has 1 amide bonds. The van der Waals surface area contributed by atoms with E-state index in [1.165, 1.54) is 5.56 Å². The van der Waals surface area contributed by atoms with E-state index in [4.69, 9.17) is 4.42 Å². The first kappa shape index (κ1) is 20.7. The Bertz CT molecular complexity index is 1090. The molecule has 3 rings (SSSR count). The number of aryl methyl sites for hydroxylation is 2. The average Bonchev–Trinajstić information content (AvgIpc) is 3.11. The molecule has 3 aromatic rings. The summed E-state index contributed by atoms with van der Waals surface area (Å²) in [5, 5.41) is 10.3. The van der Waals surface area contributed by atoms with E-state index in [1.807, 2.05) is 26.0 Å². The van der Waals surface area contributed by atoms with Gasteiger partial charge in [-0.3, -0.25) is 10.1 Å². The second-order valence-corrected chi connectivity index (χ2v) is 9.00. The third kappa shape index (κ3) is 5.74. The average molecular weight is 413 g/mol. The third-order valence-electron chi connectivity index (χ3n) is 4.47. The molecule has 29 heavy (non-hydrogen) atoms. The predicted octanol–water partition coefficient (Wildman–Crippen LogP) is 3.47. The number of anilines is 1. The molecule has 1 N–H and O–H groups in total. The highest BCUT2D eigenvalue weighted by Crippen LogP contribution is 2.17. The Balaban J connectivity index is 1.50. The normalized spacial score (nSPS) is 11.4. The Labute approximate surface area is 170 Å². The summed E-state index contributed by atoms with van der Waals surface area (Å²) in [4.78, 5) is 12.3. The van der Waals surface area contributed by atoms with E-state index in [-0.39, 0.29) is 35.4 Å². The largest absolute Gasteiger partial charge is 0.407 e. The molecule has 0 bridgehead atoms. The van der Waals surface area contributed by atoms with E-state index >= 15 is 0 Å². The fourth-order valence-electron chi connectivity index (χ4n) is 2.93. The zero-order chi connectivity index (χ0) is 20.9. The molecule has 8 heteroatoms. The van der Waals surface area contributed by atoms with Gasteiger partial charge < -0.3 is 4.42 Å². The Kier molecular flexibility index (Phi) is 6.43. The van der Waals surface area contributed by atoms with E-state index < -0.39 is 9.84 Å². The molecule has 152 valence electrons. The van der Waals surface area contributed by atoms with Gasteiger partial charge in [0.15, 0.2) is 9.84 Å². The standard InChI is InChI=1S/C21H23N3O4S/c1-15-10-11-17(16(2)13-15)14-20-23-24-21(28-20)22-19(25)9-6-12-29(26,27)18-7-4-3-5-8-18/h3-5,7-8,10-11,13H,6,9,12,14H2,1-2H3,(H,22,24,25). The number of nitrogens with zero attached hydrogens (tertiary/aromatic N) is 2. The van der Waals surface area contributed by atoms with E-state index in [2.05, 4.69) is 21.6 Å². The zero-order valence-electron chi connectivity index (χ0n) is 16.4. The predicted molar refractivity (Wildman–Crippen MR) is 109 cm³/mol. The van der Waals surface area contributed by atoms with Crippen molar-refractivity contribution < 1.29 is 17.6 Å². The lowest BCUT2D eigenvalue weighted by Crippen LogP contribution is -2.14. The van der Waals surface area contributed by atoms with Crippen LogP contribution in [0.1, 0.15) is 35.4 Å². The molecule has 0 aliphatic rings. The molecule has 0 aliphatic carbocycles. The second kappa shape index (κ2) is 9.00. The van der Waals surface area contributed by atoms with Gasteiger partial charge in [0.2, 0.25) is 11.8 Å². The Morgan fingerprint density at radius 1 is 1.07 bits per heavy atom. The van der Waals surface area contributed by atoms with Crippen molar-refractivity contribution >= 4 is 21.8 Å². The fraction of sp³-hybridized carbons (Fsp3) is 0.286. The second-order valence-electron chi connectivity index (χ2n) is 6.89. The lowest BCUT2D eigenvalue weighted by atomic mass is 10.0. The van der Waals surface area contributed by atoms with Gasteiger partial charge in [0.1, 0.15) is 0 Å². The smallest absolute Gasteiger partial charge is 0.322 e. The van der Waals surface area contributed by atoms with Crippen LogP contribution in [0.2, 0.25) is 0 Å². The summed E-state index contributed by atoms with van der Waals surface area (Å²) >= 11 is 0. The molecule has 0 saturated carbocycles. The van der Waals surface area contributed by atoms with Gasteiger partial charge in [-0.1, -0.05) is 47.1 Å². The van der Waals surface area contributed by atoms with Crippen molar-refractivity contribution in [1.29, 1.82) is 0 Å². The number of benzene rings is 2. The Hall–Kier alpha value is -3.00. The number of hydrogen-bond donors (Lipinski definition) is 1. The number of nitrogens with one attached hydrogen (secondary N) is 1. The van der Waals surface area contributed by atoms with Crippen molar-refractivity contribution in [2.24, 2.45) is 0 Å².